The molecule has 2 aromatic carbocycles. The van der Waals surface area contributed by atoms with Crippen molar-refractivity contribution in [2.75, 3.05) is 44.8 Å². The molecule has 0 saturated carbocycles. The number of guanidine groups is 1. The molecule has 2 N–H and O–H groups in total. The molecule has 168 valence electrons. The van der Waals surface area contributed by atoms with Crippen LogP contribution in [0.4, 0.5) is 5.69 Å². The number of para-hydroxylation sites is 1. The second-order valence-corrected chi connectivity index (χ2v) is 7.86. The lowest BCUT2D eigenvalue weighted by atomic mass is 10.1. The van der Waals surface area contributed by atoms with Crippen molar-refractivity contribution in [2.45, 2.75) is 20.0 Å². The number of benzene rings is 2. The quantitative estimate of drug-likeness (QED) is 0.442. The first-order chi connectivity index (χ1) is 15.7. The molecule has 4 rings (SSSR count). The van der Waals surface area contributed by atoms with Gasteiger partial charge in [-0.3, -0.25) is 0 Å². The predicted molar refractivity (Wildman–Crippen MR) is 130 cm³/mol. The van der Waals surface area contributed by atoms with Gasteiger partial charge in [0, 0.05) is 32.4 Å². The number of aromatic nitrogens is 2. The van der Waals surface area contributed by atoms with Gasteiger partial charge < -0.3 is 24.8 Å². The van der Waals surface area contributed by atoms with Gasteiger partial charge >= 0.3 is 0 Å². The second kappa shape index (κ2) is 10.8. The van der Waals surface area contributed by atoms with E-state index in [9.17, 15) is 0 Å². The van der Waals surface area contributed by atoms with E-state index >= 15 is 0 Å². The first-order valence-corrected chi connectivity index (χ1v) is 11.2. The lowest BCUT2D eigenvalue weighted by Crippen LogP contribution is -2.39. The molecule has 0 amide bonds. The highest BCUT2D eigenvalue weighted by atomic mass is 16.5. The van der Waals surface area contributed by atoms with Gasteiger partial charge in [0.1, 0.15) is 5.82 Å². The molecule has 32 heavy (non-hydrogen) atoms. The van der Waals surface area contributed by atoms with Crippen LogP contribution in [0.15, 0.2) is 65.8 Å². The summed E-state index contributed by atoms with van der Waals surface area (Å²) in [5.74, 6) is 1.77. The number of aliphatic imine (C=N–C) groups is 1. The zero-order chi connectivity index (χ0) is 22.2. The summed E-state index contributed by atoms with van der Waals surface area (Å²) < 4.78 is 5.51. The largest absolute Gasteiger partial charge is 0.378 e. The van der Waals surface area contributed by atoms with Gasteiger partial charge in [0.15, 0.2) is 5.96 Å². The number of rotatable bonds is 7. The Labute approximate surface area is 190 Å². The van der Waals surface area contributed by atoms with E-state index in [1.165, 1.54) is 11.3 Å². The maximum atomic E-state index is 5.51. The summed E-state index contributed by atoms with van der Waals surface area (Å²) in [5.41, 5.74) is 4.63. The second-order valence-electron chi connectivity index (χ2n) is 7.86. The van der Waals surface area contributed by atoms with Gasteiger partial charge in [-0.25, -0.2) is 9.98 Å². The number of hydrogen-bond acceptors (Lipinski definition) is 4. The van der Waals surface area contributed by atoms with Crippen molar-refractivity contribution >= 4 is 11.6 Å². The Kier molecular flexibility index (Phi) is 7.40. The molecule has 1 aliphatic heterocycles. The van der Waals surface area contributed by atoms with Crippen LogP contribution in [0.3, 0.4) is 0 Å². The van der Waals surface area contributed by atoms with Gasteiger partial charge in [-0.1, -0.05) is 48.5 Å². The van der Waals surface area contributed by atoms with Crippen molar-refractivity contribution < 1.29 is 4.74 Å². The van der Waals surface area contributed by atoms with Crippen molar-refractivity contribution in [3.8, 4) is 11.3 Å². The number of morpholine rings is 1. The summed E-state index contributed by atoms with van der Waals surface area (Å²) in [6.45, 7) is 7.55. The highest BCUT2D eigenvalue weighted by Gasteiger charge is 2.15. The van der Waals surface area contributed by atoms with Crippen LogP contribution in [0.5, 0.6) is 0 Å². The fourth-order valence-electron chi connectivity index (χ4n) is 3.89. The lowest BCUT2D eigenvalue weighted by molar-refractivity contribution is 0.122. The van der Waals surface area contributed by atoms with Crippen LogP contribution >= 0.6 is 0 Å². The van der Waals surface area contributed by atoms with E-state index in [-0.39, 0.29) is 0 Å². The van der Waals surface area contributed by atoms with Gasteiger partial charge in [-0.15, -0.1) is 0 Å². The third-order valence-corrected chi connectivity index (χ3v) is 5.54. The van der Waals surface area contributed by atoms with Crippen LogP contribution in [0, 0.1) is 0 Å². The minimum Gasteiger partial charge on any atom is -0.378 e. The monoisotopic (exact) mass is 432 g/mol. The van der Waals surface area contributed by atoms with Gasteiger partial charge in [-0.2, -0.15) is 0 Å². The normalized spacial score (nSPS) is 14.4. The predicted octanol–water partition coefficient (Wildman–Crippen LogP) is 3.51. The molecular formula is C25H32N6O. The molecule has 0 atom stereocenters. The Bertz CT molecular complexity index is 1010. The Balaban J connectivity index is 1.46. The number of hydrogen-bond donors (Lipinski definition) is 2. The van der Waals surface area contributed by atoms with Crippen LogP contribution in [0.1, 0.15) is 18.3 Å². The lowest BCUT2D eigenvalue weighted by Gasteiger charge is -2.30. The van der Waals surface area contributed by atoms with Crippen LogP contribution in [-0.4, -0.2) is 60.7 Å². The summed E-state index contributed by atoms with van der Waals surface area (Å²) in [5, 5.41) is 3.41. The number of anilines is 1. The molecule has 0 unspecified atom stereocenters. The Morgan fingerprint density at radius 3 is 2.66 bits per heavy atom. The van der Waals surface area contributed by atoms with Crippen LogP contribution in [0.25, 0.3) is 11.3 Å². The van der Waals surface area contributed by atoms with Crippen molar-refractivity contribution in [1.29, 1.82) is 0 Å². The molecule has 1 fully saturated rings. The van der Waals surface area contributed by atoms with Crippen LogP contribution in [-0.2, 0) is 17.8 Å². The average molecular weight is 433 g/mol. The zero-order valence-corrected chi connectivity index (χ0v) is 18.9. The van der Waals surface area contributed by atoms with E-state index in [4.69, 9.17) is 9.73 Å². The number of H-pyrrole nitrogens is 1. The fraction of sp³-hybridized carbons (Fsp3) is 0.360. The standard InChI is InChI=1S/C25H32N6O/c1-3-26-25(28-17-21-11-7-8-12-23(21)31-13-15-32-16-14-31)30(2)19-24-27-18-22(29-24)20-9-5-4-6-10-20/h4-12,18H,3,13-17,19H2,1-2H3,(H,26,28)(H,27,29). The molecule has 1 aromatic heterocycles. The van der Waals surface area contributed by atoms with Gasteiger partial charge in [0.25, 0.3) is 0 Å². The van der Waals surface area contributed by atoms with E-state index in [1.807, 2.05) is 31.4 Å². The molecule has 0 bridgehead atoms. The van der Waals surface area contributed by atoms with E-state index in [2.05, 4.69) is 68.4 Å². The highest BCUT2D eigenvalue weighted by molar-refractivity contribution is 5.79. The van der Waals surface area contributed by atoms with Crippen LogP contribution < -0.4 is 10.2 Å². The molecule has 7 nitrogen and oxygen atoms in total. The van der Waals surface area contributed by atoms with E-state index in [0.717, 1.165) is 55.9 Å². The third-order valence-electron chi connectivity index (χ3n) is 5.54. The van der Waals surface area contributed by atoms with E-state index in [1.54, 1.807) is 0 Å². The smallest absolute Gasteiger partial charge is 0.194 e. The molecule has 2 heterocycles. The molecular weight excluding hydrogens is 400 g/mol. The molecule has 0 spiro atoms. The maximum Gasteiger partial charge on any atom is 0.194 e. The third kappa shape index (κ3) is 5.48. The number of aromatic amines is 1. The average Bonchev–Trinajstić information content (AvgIpc) is 3.31. The molecule has 0 radical (unpaired) electrons. The minimum atomic E-state index is 0.619. The summed E-state index contributed by atoms with van der Waals surface area (Å²) in [7, 11) is 2.04. The van der Waals surface area contributed by atoms with Crippen molar-refractivity contribution in [3.63, 3.8) is 0 Å². The highest BCUT2D eigenvalue weighted by Crippen LogP contribution is 2.22. The van der Waals surface area contributed by atoms with Crippen molar-refractivity contribution in [3.05, 3.63) is 72.2 Å². The van der Waals surface area contributed by atoms with Gasteiger partial charge in [-0.05, 0) is 24.1 Å². The Hall–Kier alpha value is -3.32. The molecule has 1 saturated heterocycles. The number of imidazole rings is 1. The topological polar surface area (TPSA) is 68.8 Å². The minimum absolute atomic E-state index is 0.619. The van der Waals surface area contributed by atoms with Crippen LogP contribution in [0.2, 0.25) is 0 Å². The molecule has 7 heteroatoms. The van der Waals surface area contributed by atoms with Gasteiger partial charge in [0.05, 0.1) is 38.2 Å². The Morgan fingerprint density at radius 1 is 1.12 bits per heavy atom. The molecule has 1 aliphatic rings. The molecule has 0 aliphatic carbocycles. The number of nitrogens with one attached hydrogen (secondary N) is 2. The number of nitrogens with zero attached hydrogens (tertiary/aromatic N) is 4. The van der Waals surface area contributed by atoms with Crippen molar-refractivity contribution in [2.24, 2.45) is 4.99 Å². The van der Waals surface area contributed by atoms with Crippen molar-refractivity contribution in [1.82, 2.24) is 20.2 Å². The first kappa shape index (κ1) is 21.9. The number of ether oxygens (including phenoxy) is 1. The summed E-state index contributed by atoms with van der Waals surface area (Å²) in [6, 6.07) is 18.8. The Morgan fingerprint density at radius 2 is 1.88 bits per heavy atom. The maximum absolute atomic E-state index is 5.51. The molecule has 3 aromatic rings. The van der Waals surface area contributed by atoms with Gasteiger partial charge in [0.2, 0.25) is 0 Å². The SMILES string of the molecule is CCNC(=NCc1ccccc1N1CCOCC1)N(C)Cc1ncc(-c2ccccc2)[nH]1. The fourth-order valence-corrected chi connectivity index (χ4v) is 3.89. The van der Waals surface area contributed by atoms with E-state index in [0.29, 0.717) is 13.1 Å². The summed E-state index contributed by atoms with van der Waals surface area (Å²) in [4.78, 5) is 17.4. The zero-order valence-electron chi connectivity index (χ0n) is 18.9. The van der Waals surface area contributed by atoms with E-state index < -0.39 is 0 Å². The summed E-state index contributed by atoms with van der Waals surface area (Å²) in [6.07, 6.45) is 1.89. The first-order valence-electron chi connectivity index (χ1n) is 11.2. The summed E-state index contributed by atoms with van der Waals surface area (Å²) >= 11 is 0.